The van der Waals surface area contributed by atoms with Crippen LogP contribution in [0.3, 0.4) is 0 Å². The summed E-state index contributed by atoms with van der Waals surface area (Å²) in [7, 11) is 1.60. The number of hydrogen-bond donors (Lipinski definition) is 1. The zero-order valence-electron chi connectivity index (χ0n) is 14.2. The van der Waals surface area contributed by atoms with Crippen LogP contribution in [0.15, 0.2) is 68.9 Å². The molecule has 0 aliphatic carbocycles. The molecule has 3 rings (SSSR count). The summed E-state index contributed by atoms with van der Waals surface area (Å²) in [6.07, 6.45) is 4.54. The van der Waals surface area contributed by atoms with E-state index in [1.54, 1.807) is 19.5 Å². The first-order chi connectivity index (χ1) is 13.0. The molecule has 0 bridgehead atoms. The molecule has 27 heavy (non-hydrogen) atoms. The minimum Gasteiger partial charge on any atom is -0.497 e. The number of nitrogens with zero attached hydrogens (tertiary/aromatic N) is 3. The Morgan fingerprint density at radius 2 is 1.81 bits per heavy atom. The van der Waals surface area contributed by atoms with Crippen molar-refractivity contribution in [1.82, 2.24) is 15.4 Å². The zero-order chi connectivity index (χ0) is 19.2. The second-order valence-corrected chi connectivity index (χ2v) is 7.25. The number of methoxy groups -OCH3 is 1. The summed E-state index contributed by atoms with van der Waals surface area (Å²) in [6, 6.07) is 13.0. The van der Waals surface area contributed by atoms with E-state index in [4.69, 9.17) is 4.74 Å². The van der Waals surface area contributed by atoms with E-state index in [-0.39, 0.29) is 5.69 Å². The molecule has 0 atom stereocenters. The molecule has 0 fully saturated rings. The van der Waals surface area contributed by atoms with Gasteiger partial charge in [0, 0.05) is 14.5 Å². The van der Waals surface area contributed by atoms with Gasteiger partial charge in [-0.3, -0.25) is 9.78 Å². The van der Waals surface area contributed by atoms with Gasteiger partial charge in [0.1, 0.15) is 11.4 Å². The van der Waals surface area contributed by atoms with Gasteiger partial charge < -0.3 is 4.74 Å². The molecule has 0 spiro atoms. The molecule has 0 aliphatic rings. The van der Waals surface area contributed by atoms with Gasteiger partial charge in [0.25, 0.3) is 5.91 Å². The van der Waals surface area contributed by atoms with Crippen molar-refractivity contribution in [1.29, 1.82) is 0 Å². The van der Waals surface area contributed by atoms with Crippen molar-refractivity contribution < 1.29 is 9.53 Å². The van der Waals surface area contributed by atoms with Crippen LogP contribution < -0.4 is 10.2 Å². The largest absolute Gasteiger partial charge is 0.497 e. The average Bonchev–Trinajstić information content (AvgIpc) is 2.67. The maximum absolute atomic E-state index is 12.3. The van der Waals surface area contributed by atoms with Gasteiger partial charge >= 0.3 is 0 Å². The minimum atomic E-state index is -0.442. The zero-order valence-corrected chi connectivity index (χ0v) is 17.4. The number of hydrazone groups is 1. The van der Waals surface area contributed by atoms with Crippen LogP contribution in [0.4, 0.5) is 0 Å². The summed E-state index contributed by atoms with van der Waals surface area (Å²) in [4.78, 5) is 20.7. The highest BCUT2D eigenvalue weighted by Gasteiger charge is 2.09. The van der Waals surface area contributed by atoms with Gasteiger partial charge in [0.2, 0.25) is 0 Å². The van der Waals surface area contributed by atoms with Crippen LogP contribution in [0.1, 0.15) is 16.1 Å². The van der Waals surface area contributed by atoms with Crippen LogP contribution in [0.25, 0.3) is 11.3 Å². The molecule has 0 radical (unpaired) electrons. The van der Waals surface area contributed by atoms with E-state index in [0.29, 0.717) is 5.69 Å². The quantitative estimate of drug-likeness (QED) is 0.424. The van der Waals surface area contributed by atoms with Gasteiger partial charge in [-0.25, -0.2) is 10.4 Å². The Bertz CT molecular complexity index is 971. The number of amides is 1. The molecular formula is C19H14Br2N4O2. The van der Waals surface area contributed by atoms with E-state index in [1.165, 1.54) is 6.20 Å². The molecule has 1 aromatic heterocycles. The molecule has 136 valence electrons. The normalized spacial score (nSPS) is 10.8. The van der Waals surface area contributed by atoms with Gasteiger partial charge in [-0.15, -0.1) is 0 Å². The molecule has 1 N–H and O–H groups in total. The van der Waals surface area contributed by atoms with Crippen LogP contribution in [0.5, 0.6) is 5.75 Å². The van der Waals surface area contributed by atoms with Crippen molar-refractivity contribution in [3.8, 4) is 17.0 Å². The molecule has 1 amide bonds. The smallest absolute Gasteiger partial charge is 0.291 e. The van der Waals surface area contributed by atoms with Crippen LogP contribution in [0.2, 0.25) is 0 Å². The number of benzene rings is 2. The number of carbonyl (C=O) groups excluding carboxylic acids is 1. The topological polar surface area (TPSA) is 76.5 Å². The van der Waals surface area contributed by atoms with Crippen molar-refractivity contribution >= 4 is 44.0 Å². The van der Waals surface area contributed by atoms with Gasteiger partial charge in [-0.2, -0.15) is 5.10 Å². The van der Waals surface area contributed by atoms with Gasteiger partial charge in [-0.1, -0.05) is 31.9 Å². The second-order valence-electron chi connectivity index (χ2n) is 5.42. The Labute approximate surface area is 173 Å². The molecule has 6 nitrogen and oxygen atoms in total. The van der Waals surface area contributed by atoms with Crippen LogP contribution >= 0.6 is 31.9 Å². The van der Waals surface area contributed by atoms with Crippen LogP contribution in [-0.4, -0.2) is 29.2 Å². The highest BCUT2D eigenvalue weighted by Crippen LogP contribution is 2.20. The minimum absolute atomic E-state index is 0.177. The Kier molecular flexibility index (Phi) is 6.31. The molecule has 1 heterocycles. The number of rotatable bonds is 5. The lowest BCUT2D eigenvalue weighted by atomic mass is 10.1. The lowest BCUT2D eigenvalue weighted by Gasteiger charge is -2.05. The summed E-state index contributed by atoms with van der Waals surface area (Å²) in [6.45, 7) is 0. The van der Waals surface area contributed by atoms with Crippen molar-refractivity contribution in [2.24, 2.45) is 5.10 Å². The monoisotopic (exact) mass is 488 g/mol. The van der Waals surface area contributed by atoms with E-state index in [9.17, 15) is 4.79 Å². The Morgan fingerprint density at radius 3 is 2.48 bits per heavy atom. The summed E-state index contributed by atoms with van der Waals surface area (Å²) >= 11 is 6.81. The highest BCUT2D eigenvalue weighted by molar-refractivity contribution is 9.11. The third kappa shape index (κ3) is 5.21. The van der Waals surface area contributed by atoms with E-state index in [1.807, 2.05) is 42.5 Å². The number of ether oxygens (including phenoxy) is 1. The van der Waals surface area contributed by atoms with Gasteiger partial charge in [-0.05, 0) is 48.0 Å². The molecule has 0 aliphatic heterocycles. The van der Waals surface area contributed by atoms with E-state index >= 15 is 0 Å². The summed E-state index contributed by atoms with van der Waals surface area (Å²) in [5, 5.41) is 3.97. The predicted octanol–water partition coefficient (Wildman–Crippen LogP) is 4.44. The van der Waals surface area contributed by atoms with Crippen LogP contribution in [-0.2, 0) is 0 Å². The molecular weight excluding hydrogens is 476 g/mol. The summed E-state index contributed by atoms with van der Waals surface area (Å²) < 4.78 is 6.95. The number of nitrogens with one attached hydrogen (secondary N) is 1. The number of aromatic nitrogens is 2. The Morgan fingerprint density at radius 1 is 1.11 bits per heavy atom. The standard InChI is InChI=1S/C19H14Br2N4O2/c1-27-16-4-2-13(3-5-16)17-10-22-11-18(24-17)19(26)25-23-9-12-6-14(20)8-15(21)7-12/h2-11H,1H3,(H,25,26)/b23-9+. The molecule has 2 aromatic carbocycles. The lowest BCUT2D eigenvalue weighted by Crippen LogP contribution is -2.19. The average molecular weight is 490 g/mol. The van der Waals surface area contributed by atoms with Gasteiger partial charge in [0.15, 0.2) is 0 Å². The first-order valence-corrected chi connectivity index (χ1v) is 9.40. The highest BCUT2D eigenvalue weighted by atomic mass is 79.9. The molecule has 8 heteroatoms. The first-order valence-electron chi connectivity index (χ1n) is 7.81. The maximum atomic E-state index is 12.3. The lowest BCUT2D eigenvalue weighted by molar-refractivity contribution is 0.0950. The summed E-state index contributed by atoms with van der Waals surface area (Å²) in [5.41, 5.74) is 4.89. The van der Waals surface area contributed by atoms with Crippen molar-refractivity contribution in [3.63, 3.8) is 0 Å². The van der Waals surface area contributed by atoms with Crippen LogP contribution in [0, 0.1) is 0 Å². The molecule has 3 aromatic rings. The van der Waals surface area contributed by atoms with Gasteiger partial charge in [0.05, 0.1) is 31.4 Å². The fraction of sp³-hybridized carbons (Fsp3) is 0.0526. The van der Waals surface area contributed by atoms with Crippen molar-refractivity contribution in [2.75, 3.05) is 7.11 Å². The third-order valence-electron chi connectivity index (χ3n) is 3.52. The SMILES string of the molecule is COc1ccc(-c2cncc(C(=O)N/N=C/c3cc(Br)cc(Br)c3)n2)cc1. The number of hydrogen-bond acceptors (Lipinski definition) is 5. The fourth-order valence-electron chi connectivity index (χ4n) is 2.25. The first kappa shape index (κ1) is 19.2. The molecule has 0 saturated carbocycles. The van der Waals surface area contributed by atoms with E-state index < -0.39 is 5.91 Å². The van der Waals surface area contributed by atoms with E-state index in [2.05, 4.69) is 52.4 Å². The molecule has 0 saturated heterocycles. The summed E-state index contributed by atoms with van der Waals surface area (Å²) in [5.74, 6) is 0.303. The molecule has 0 unspecified atom stereocenters. The van der Waals surface area contributed by atoms with Crippen molar-refractivity contribution in [3.05, 3.63) is 75.1 Å². The Hall–Kier alpha value is -2.58. The Balaban J connectivity index is 1.72. The number of carbonyl (C=O) groups is 1. The fourth-order valence-corrected chi connectivity index (χ4v) is 3.58. The van der Waals surface area contributed by atoms with Crippen molar-refractivity contribution in [2.45, 2.75) is 0 Å². The third-order valence-corrected chi connectivity index (χ3v) is 4.43. The number of halogens is 2. The second kappa shape index (κ2) is 8.88. The van der Waals surface area contributed by atoms with E-state index in [0.717, 1.165) is 25.8 Å². The maximum Gasteiger partial charge on any atom is 0.291 e. The predicted molar refractivity (Wildman–Crippen MR) is 111 cm³/mol.